The topological polar surface area (TPSA) is 96.6 Å². The second kappa shape index (κ2) is 7.87. The molecule has 0 aliphatic rings. The summed E-state index contributed by atoms with van der Waals surface area (Å²) < 4.78 is 32.5. The van der Waals surface area contributed by atoms with E-state index in [2.05, 4.69) is 4.72 Å². The molecule has 2 N–H and O–H groups in total. The van der Waals surface area contributed by atoms with Crippen molar-refractivity contribution in [2.24, 2.45) is 0 Å². The normalized spacial score (nSPS) is 12.7. The van der Waals surface area contributed by atoms with Crippen molar-refractivity contribution in [1.82, 2.24) is 4.72 Å². The van der Waals surface area contributed by atoms with E-state index in [1.807, 2.05) is 6.07 Å². The molecule has 3 rings (SSSR count). The van der Waals surface area contributed by atoms with Gasteiger partial charge in [-0.2, -0.15) is 0 Å². The molecule has 0 radical (unpaired) electrons. The van der Waals surface area contributed by atoms with Crippen LogP contribution in [0.3, 0.4) is 0 Å². The summed E-state index contributed by atoms with van der Waals surface area (Å²) in [6, 6.07) is 16.4. The molecule has 0 fully saturated rings. The molecule has 3 aromatic rings. The molecule has 7 heteroatoms. The predicted molar refractivity (Wildman–Crippen MR) is 101 cm³/mol. The first-order valence-corrected chi connectivity index (χ1v) is 9.78. The van der Waals surface area contributed by atoms with Gasteiger partial charge in [0.2, 0.25) is 10.0 Å². The number of ketones is 1. The Morgan fingerprint density at radius 2 is 1.85 bits per heavy atom. The number of carbonyl (C=O) groups excluding carboxylic acids is 1. The van der Waals surface area contributed by atoms with E-state index >= 15 is 0 Å². The van der Waals surface area contributed by atoms with Crippen LogP contribution in [0.1, 0.15) is 28.9 Å². The molecule has 0 saturated heterocycles. The first-order valence-electron chi connectivity index (χ1n) is 8.29. The molecule has 27 heavy (non-hydrogen) atoms. The van der Waals surface area contributed by atoms with E-state index in [0.717, 1.165) is 5.56 Å². The highest BCUT2D eigenvalue weighted by atomic mass is 32.2. The van der Waals surface area contributed by atoms with Crippen LogP contribution in [0.5, 0.6) is 0 Å². The summed E-state index contributed by atoms with van der Waals surface area (Å²) in [5.41, 5.74) is 1.75. The van der Waals surface area contributed by atoms with Gasteiger partial charge in [-0.1, -0.05) is 36.4 Å². The van der Waals surface area contributed by atoms with Crippen molar-refractivity contribution in [3.8, 4) is 11.3 Å². The predicted octanol–water partition coefficient (Wildman–Crippen LogP) is 3.16. The summed E-state index contributed by atoms with van der Waals surface area (Å²) >= 11 is 0. The summed E-state index contributed by atoms with van der Waals surface area (Å²) in [6.45, 7) is 1.18. The molecule has 6 nitrogen and oxygen atoms in total. The van der Waals surface area contributed by atoms with Gasteiger partial charge in [-0.25, -0.2) is 13.1 Å². The Bertz CT molecular complexity index is 1020. The van der Waals surface area contributed by atoms with Crippen molar-refractivity contribution >= 4 is 15.8 Å². The molecule has 2 aromatic carbocycles. The number of furan rings is 1. The lowest BCUT2D eigenvalue weighted by molar-refractivity contribution is 0.101. The van der Waals surface area contributed by atoms with Gasteiger partial charge >= 0.3 is 0 Å². The molecular formula is C20H19NO5S. The Labute approximate surface area is 157 Å². The SMILES string of the molecule is CC(=O)c1cccc(S(=O)(=O)NCC(O)c2ccc(-c3ccco3)cc2)c1. The van der Waals surface area contributed by atoms with Crippen LogP contribution in [0.4, 0.5) is 0 Å². The lowest BCUT2D eigenvalue weighted by Crippen LogP contribution is -2.28. The molecule has 0 bridgehead atoms. The average molecular weight is 385 g/mol. The Balaban J connectivity index is 1.68. The number of hydrogen-bond donors (Lipinski definition) is 2. The highest BCUT2D eigenvalue weighted by Gasteiger charge is 2.18. The van der Waals surface area contributed by atoms with Crippen LogP contribution in [0.2, 0.25) is 0 Å². The largest absolute Gasteiger partial charge is 0.464 e. The Hall–Kier alpha value is -2.74. The van der Waals surface area contributed by atoms with E-state index in [0.29, 0.717) is 16.9 Å². The molecule has 1 atom stereocenters. The fourth-order valence-electron chi connectivity index (χ4n) is 2.58. The number of sulfonamides is 1. The Kier molecular flexibility index (Phi) is 5.55. The van der Waals surface area contributed by atoms with Gasteiger partial charge in [0.1, 0.15) is 5.76 Å². The molecule has 1 unspecified atom stereocenters. The highest BCUT2D eigenvalue weighted by molar-refractivity contribution is 7.89. The second-order valence-corrected chi connectivity index (χ2v) is 7.82. The number of aliphatic hydroxyl groups excluding tert-OH is 1. The number of nitrogens with one attached hydrogen (secondary N) is 1. The molecule has 0 aliphatic carbocycles. The number of Topliss-reactive ketones (excluding diaryl/α,β-unsaturated/α-hetero) is 1. The third-order valence-electron chi connectivity index (χ3n) is 4.12. The van der Waals surface area contributed by atoms with Crippen LogP contribution in [-0.2, 0) is 10.0 Å². The highest BCUT2D eigenvalue weighted by Crippen LogP contribution is 2.22. The van der Waals surface area contributed by atoms with Crippen molar-refractivity contribution < 1.29 is 22.7 Å². The minimum atomic E-state index is -3.84. The summed E-state index contributed by atoms with van der Waals surface area (Å²) in [6.07, 6.45) is 0.565. The second-order valence-electron chi connectivity index (χ2n) is 6.05. The number of carbonyl (C=O) groups is 1. The smallest absolute Gasteiger partial charge is 0.240 e. The first-order chi connectivity index (χ1) is 12.9. The van der Waals surface area contributed by atoms with Crippen LogP contribution >= 0.6 is 0 Å². The molecule has 1 heterocycles. The van der Waals surface area contributed by atoms with Crippen LogP contribution in [0.25, 0.3) is 11.3 Å². The molecule has 1 aromatic heterocycles. The first kappa shape index (κ1) is 19.0. The standard InChI is InChI=1S/C20H19NO5S/c1-14(22)17-4-2-5-18(12-17)27(24,25)21-13-19(23)15-7-9-16(10-8-15)20-6-3-11-26-20/h2-12,19,21,23H,13H2,1H3. The van der Waals surface area contributed by atoms with E-state index in [1.165, 1.54) is 25.1 Å². The summed E-state index contributed by atoms with van der Waals surface area (Å²) in [4.78, 5) is 11.4. The van der Waals surface area contributed by atoms with E-state index < -0.39 is 16.1 Å². The molecule has 0 spiro atoms. The van der Waals surface area contributed by atoms with Crippen LogP contribution < -0.4 is 4.72 Å². The van der Waals surface area contributed by atoms with Crippen LogP contribution in [0.15, 0.2) is 76.2 Å². The van der Waals surface area contributed by atoms with E-state index in [-0.39, 0.29) is 17.2 Å². The van der Waals surface area contributed by atoms with Gasteiger partial charge in [0.25, 0.3) is 0 Å². The number of benzene rings is 2. The van der Waals surface area contributed by atoms with Gasteiger partial charge in [0, 0.05) is 17.7 Å². The zero-order valence-corrected chi connectivity index (χ0v) is 15.4. The number of hydrogen-bond acceptors (Lipinski definition) is 5. The molecule has 0 saturated carbocycles. The van der Waals surface area contributed by atoms with Gasteiger partial charge in [-0.05, 0) is 36.8 Å². The summed E-state index contributed by atoms with van der Waals surface area (Å²) in [5, 5.41) is 10.3. The molecular weight excluding hydrogens is 366 g/mol. The van der Waals surface area contributed by atoms with Crippen molar-refractivity contribution in [2.75, 3.05) is 6.54 Å². The van der Waals surface area contributed by atoms with Gasteiger partial charge in [0.05, 0.1) is 17.3 Å². The molecule has 140 valence electrons. The fourth-order valence-corrected chi connectivity index (χ4v) is 3.67. The number of aliphatic hydroxyl groups is 1. The van der Waals surface area contributed by atoms with Gasteiger partial charge < -0.3 is 9.52 Å². The van der Waals surface area contributed by atoms with E-state index in [9.17, 15) is 18.3 Å². The van der Waals surface area contributed by atoms with Gasteiger partial charge in [-0.3, -0.25) is 4.79 Å². The lowest BCUT2D eigenvalue weighted by Gasteiger charge is -2.13. The third kappa shape index (κ3) is 4.51. The van der Waals surface area contributed by atoms with Gasteiger partial charge in [0.15, 0.2) is 5.78 Å². The van der Waals surface area contributed by atoms with Crippen molar-refractivity contribution in [3.05, 3.63) is 78.1 Å². The molecule has 0 aliphatic heterocycles. The van der Waals surface area contributed by atoms with Crippen molar-refractivity contribution in [1.29, 1.82) is 0 Å². The Morgan fingerprint density at radius 1 is 1.11 bits per heavy atom. The fraction of sp³-hybridized carbons (Fsp3) is 0.150. The summed E-state index contributed by atoms with van der Waals surface area (Å²) in [7, 11) is -3.84. The molecule has 0 amide bonds. The zero-order valence-electron chi connectivity index (χ0n) is 14.6. The third-order valence-corrected chi connectivity index (χ3v) is 5.54. The van der Waals surface area contributed by atoms with Crippen LogP contribution in [-0.4, -0.2) is 25.9 Å². The minimum absolute atomic E-state index is 0.0180. The minimum Gasteiger partial charge on any atom is -0.464 e. The maximum absolute atomic E-state index is 12.4. The van der Waals surface area contributed by atoms with Crippen molar-refractivity contribution in [2.45, 2.75) is 17.9 Å². The summed E-state index contributed by atoms with van der Waals surface area (Å²) in [5.74, 6) is 0.492. The van der Waals surface area contributed by atoms with Crippen LogP contribution in [0, 0.1) is 0 Å². The monoisotopic (exact) mass is 385 g/mol. The van der Waals surface area contributed by atoms with Crippen molar-refractivity contribution in [3.63, 3.8) is 0 Å². The average Bonchev–Trinajstić information content (AvgIpc) is 3.21. The quantitative estimate of drug-likeness (QED) is 0.609. The van der Waals surface area contributed by atoms with E-state index in [1.54, 1.807) is 42.7 Å². The van der Waals surface area contributed by atoms with E-state index in [4.69, 9.17) is 4.42 Å². The Morgan fingerprint density at radius 3 is 2.48 bits per heavy atom. The lowest BCUT2D eigenvalue weighted by atomic mass is 10.1. The van der Waals surface area contributed by atoms with Gasteiger partial charge in [-0.15, -0.1) is 0 Å². The number of rotatable bonds is 7. The maximum atomic E-state index is 12.4. The maximum Gasteiger partial charge on any atom is 0.240 e. The zero-order chi connectivity index (χ0) is 19.4.